The molecule has 27 heavy (non-hydrogen) atoms. The van der Waals surface area contributed by atoms with Crippen molar-refractivity contribution in [3.8, 4) is 5.75 Å². The van der Waals surface area contributed by atoms with Gasteiger partial charge < -0.3 is 10.1 Å². The third kappa shape index (κ3) is 7.00. The zero-order valence-electron chi connectivity index (χ0n) is 14.8. The van der Waals surface area contributed by atoms with E-state index in [0.29, 0.717) is 6.61 Å². The number of hydrogen-bond acceptors (Lipinski definition) is 2. The van der Waals surface area contributed by atoms with Crippen molar-refractivity contribution in [2.45, 2.75) is 19.6 Å². The average molecular weight is 390 g/mol. The van der Waals surface area contributed by atoms with E-state index < -0.39 is 0 Å². The first-order valence-electron chi connectivity index (χ1n) is 8.60. The SMILES string of the molecule is Cl.Fc1ccc(CCNCc2cccc(OCc3ccc(F)cc3)c2)cc1. The summed E-state index contributed by atoms with van der Waals surface area (Å²) >= 11 is 0. The molecule has 3 aromatic carbocycles. The number of hydrogen-bond donors (Lipinski definition) is 1. The molecule has 5 heteroatoms. The summed E-state index contributed by atoms with van der Waals surface area (Å²) in [6.07, 6.45) is 0.848. The summed E-state index contributed by atoms with van der Waals surface area (Å²) in [7, 11) is 0. The molecule has 0 aliphatic heterocycles. The zero-order valence-corrected chi connectivity index (χ0v) is 15.6. The molecule has 0 aromatic heterocycles. The largest absolute Gasteiger partial charge is 0.489 e. The average Bonchev–Trinajstić information content (AvgIpc) is 2.67. The van der Waals surface area contributed by atoms with Crippen molar-refractivity contribution in [3.05, 3.63) is 101 Å². The van der Waals surface area contributed by atoms with Crippen molar-refractivity contribution in [2.75, 3.05) is 6.54 Å². The highest BCUT2D eigenvalue weighted by Crippen LogP contribution is 2.15. The predicted molar refractivity (Wildman–Crippen MR) is 106 cm³/mol. The van der Waals surface area contributed by atoms with Gasteiger partial charge in [0.05, 0.1) is 0 Å². The Bertz CT molecular complexity index is 822. The second-order valence-corrected chi connectivity index (χ2v) is 6.12. The van der Waals surface area contributed by atoms with Crippen LogP contribution in [0.4, 0.5) is 8.78 Å². The van der Waals surface area contributed by atoms with Crippen LogP contribution in [0.25, 0.3) is 0 Å². The molecule has 0 aliphatic rings. The van der Waals surface area contributed by atoms with Crippen LogP contribution in [0, 0.1) is 11.6 Å². The number of halogens is 3. The van der Waals surface area contributed by atoms with Crippen molar-refractivity contribution < 1.29 is 13.5 Å². The number of nitrogens with one attached hydrogen (secondary N) is 1. The molecule has 0 amide bonds. The predicted octanol–water partition coefficient (Wildman–Crippen LogP) is 5.30. The minimum atomic E-state index is -0.248. The lowest BCUT2D eigenvalue weighted by Crippen LogP contribution is -2.16. The highest BCUT2D eigenvalue weighted by atomic mass is 35.5. The molecule has 0 fully saturated rings. The normalized spacial score (nSPS) is 10.3. The molecule has 3 aromatic rings. The molecule has 0 heterocycles. The van der Waals surface area contributed by atoms with Crippen LogP contribution >= 0.6 is 12.4 Å². The van der Waals surface area contributed by atoms with E-state index in [9.17, 15) is 8.78 Å². The Labute approximate surface area is 164 Å². The van der Waals surface area contributed by atoms with E-state index in [2.05, 4.69) is 5.32 Å². The standard InChI is InChI=1S/C22H21F2NO.ClH/c23-20-8-4-17(5-9-20)12-13-25-15-19-2-1-3-22(14-19)26-16-18-6-10-21(24)11-7-18;/h1-11,14,25H,12-13,15-16H2;1H. The van der Waals surface area contributed by atoms with Gasteiger partial charge in [-0.25, -0.2) is 8.78 Å². The Morgan fingerprint density at radius 2 is 1.37 bits per heavy atom. The monoisotopic (exact) mass is 389 g/mol. The van der Waals surface area contributed by atoms with Crippen LogP contribution in [0.3, 0.4) is 0 Å². The van der Waals surface area contributed by atoms with Crippen LogP contribution in [0.5, 0.6) is 5.75 Å². The summed E-state index contributed by atoms with van der Waals surface area (Å²) in [4.78, 5) is 0. The lowest BCUT2D eigenvalue weighted by Gasteiger charge is -2.09. The summed E-state index contributed by atoms with van der Waals surface area (Å²) in [5.41, 5.74) is 3.16. The van der Waals surface area contributed by atoms with Crippen molar-refractivity contribution in [2.24, 2.45) is 0 Å². The molecule has 0 atom stereocenters. The Kier molecular flexibility index (Phi) is 8.24. The molecule has 0 radical (unpaired) electrons. The van der Waals surface area contributed by atoms with Gasteiger partial charge in [-0.05, 0) is 66.1 Å². The van der Waals surface area contributed by atoms with Gasteiger partial charge in [-0.1, -0.05) is 36.4 Å². The lowest BCUT2D eigenvalue weighted by molar-refractivity contribution is 0.305. The van der Waals surface area contributed by atoms with Gasteiger partial charge in [0.1, 0.15) is 24.0 Å². The van der Waals surface area contributed by atoms with E-state index in [0.717, 1.165) is 42.0 Å². The van der Waals surface area contributed by atoms with E-state index in [4.69, 9.17) is 4.74 Å². The third-order valence-electron chi connectivity index (χ3n) is 4.05. The third-order valence-corrected chi connectivity index (χ3v) is 4.05. The Morgan fingerprint density at radius 3 is 2.04 bits per heavy atom. The molecule has 3 rings (SSSR count). The fourth-order valence-corrected chi connectivity index (χ4v) is 2.61. The van der Waals surface area contributed by atoms with Gasteiger partial charge >= 0.3 is 0 Å². The quantitative estimate of drug-likeness (QED) is 0.528. The van der Waals surface area contributed by atoms with Crippen molar-refractivity contribution in [1.82, 2.24) is 5.32 Å². The summed E-state index contributed by atoms with van der Waals surface area (Å²) in [5, 5.41) is 3.38. The summed E-state index contributed by atoms with van der Waals surface area (Å²) in [6.45, 7) is 1.95. The fraction of sp³-hybridized carbons (Fsp3) is 0.182. The second-order valence-electron chi connectivity index (χ2n) is 6.12. The maximum absolute atomic E-state index is 12.9. The van der Waals surface area contributed by atoms with Gasteiger partial charge in [0.15, 0.2) is 0 Å². The van der Waals surface area contributed by atoms with Crippen LogP contribution in [0.1, 0.15) is 16.7 Å². The lowest BCUT2D eigenvalue weighted by atomic mass is 10.1. The van der Waals surface area contributed by atoms with Gasteiger partial charge in [-0.15, -0.1) is 12.4 Å². The first-order valence-corrected chi connectivity index (χ1v) is 8.60. The van der Waals surface area contributed by atoms with E-state index in [-0.39, 0.29) is 24.0 Å². The number of benzene rings is 3. The Morgan fingerprint density at radius 1 is 0.741 bits per heavy atom. The van der Waals surface area contributed by atoms with Crippen molar-refractivity contribution >= 4 is 12.4 Å². The molecule has 0 bridgehead atoms. The first kappa shape index (κ1) is 20.9. The molecule has 0 unspecified atom stereocenters. The molecular weight excluding hydrogens is 368 g/mol. The smallest absolute Gasteiger partial charge is 0.123 e. The van der Waals surface area contributed by atoms with Crippen LogP contribution < -0.4 is 10.1 Å². The van der Waals surface area contributed by atoms with E-state index in [1.807, 2.05) is 24.3 Å². The molecule has 0 spiro atoms. The summed E-state index contributed by atoms with van der Waals surface area (Å²) in [5.74, 6) is 0.328. The minimum Gasteiger partial charge on any atom is -0.489 e. The van der Waals surface area contributed by atoms with Crippen molar-refractivity contribution in [3.63, 3.8) is 0 Å². The highest BCUT2D eigenvalue weighted by Gasteiger charge is 2.00. The van der Waals surface area contributed by atoms with Gasteiger partial charge in [0.25, 0.3) is 0 Å². The maximum atomic E-state index is 12.9. The van der Waals surface area contributed by atoms with Gasteiger partial charge in [0.2, 0.25) is 0 Å². The maximum Gasteiger partial charge on any atom is 0.123 e. The molecular formula is C22H22ClF2NO. The van der Waals surface area contributed by atoms with Gasteiger partial charge in [-0.2, -0.15) is 0 Å². The van der Waals surface area contributed by atoms with Crippen LogP contribution in [0.15, 0.2) is 72.8 Å². The zero-order chi connectivity index (χ0) is 18.2. The first-order chi connectivity index (χ1) is 12.7. The van der Waals surface area contributed by atoms with Crippen LogP contribution in [0.2, 0.25) is 0 Å². The molecule has 0 aliphatic carbocycles. The number of ether oxygens (including phenoxy) is 1. The Hall–Kier alpha value is -2.43. The van der Waals surface area contributed by atoms with Gasteiger partial charge in [0, 0.05) is 6.54 Å². The van der Waals surface area contributed by atoms with E-state index in [1.54, 1.807) is 24.3 Å². The van der Waals surface area contributed by atoms with E-state index >= 15 is 0 Å². The van der Waals surface area contributed by atoms with Crippen LogP contribution in [-0.2, 0) is 19.6 Å². The summed E-state index contributed by atoms with van der Waals surface area (Å²) in [6, 6.07) is 20.8. The van der Waals surface area contributed by atoms with Crippen molar-refractivity contribution in [1.29, 1.82) is 0 Å². The molecule has 2 nitrogen and oxygen atoms in total. The Balaban J connectivity index is 0.00000261. The van der Waals surface area contributed by atoms with E-state index in [1.165, 1.54) is 24.3 Å². The molecule has 1 N–H and O–H groups in total. The highest BCUT2D eigenvalue weighted by molar-refractivity contribution is 5.85. The van der Waals surface area contributed by atoms with Crippen LogP contribution in [-0.4, -0.2) is 6.54 Å². The minimum absolute atomic E-state index is 0. The molecule has 142 valence electrons. The second kappa shape index (κ2) is 10.7. The number of rotatable bonds is 8. The fourth-order valence-electron chi connectivity index (χ4n) is 2.61. The van der Waals surface area contributed by atoms with Gasteiger partial charge in [-0.3, -0.25) is 0 Å². The summed E-state index contributed by atoms with van der Waals surface area (Å²) < 4.78 is 31.6. The molecule has 0 saturated carbocycles. The topological polar surface area (TPSA) is 21.3 Å². The molecule has 0 saturated heterocycles.